The summed E-state index contributed by atoms with van der Waals surface area (Å²) in [7, 11) is 0. The first-order valence-corrected chi connectivity index (χ1v) is 10.4. The van der Waals surface area contributed by atoms with Crippen molar-refractivity contribution in [3.8, 4) is 0 Å². The predicted octanol–water partition coefficient (Wildman–Crippen LogP) is 4.48. The quantitative estimate of drug-likeness (QED) is 0.576. The second-order valence-corrected chi connectivity index (χ2v) is 8.98. The monoisotopic (exact) mass is 502 g/mol. The Kier molecular flexibility index (Phi) is 6.11. The summed E-state index contributed by atoms with van der Waals surface area (Å²) >= 11 is 5.56. The van der Waals surface area contributed by atoms with Gasteiger partial charge in [0.15, 0.2) is 0 Å². The van der Waals surface area contributed by atoms with Crippen LogP contribution in [0.4, 0.5) is 0 Å². The average molecular weight is 503 g/mol. The fraction of sp³-hybridized carbons (Fsp3) is 0.133. The number of benzene rings is 2. The molecule has 0 amide bonds. The average Bonchev–Trinajstić information content (AvgIpc) is 2.42. The van der Waals surface area contributed by atoms with Gasteiger partial charge < -0.3 is 0 Å². The molecule has 0 fully saturated rings. The van der Waals surface area contributed by atoms with Gasteiger partial charge in [0.1, 0.15) is 0 Å². The third-order valence-electron chi connectivity index (χ3n) is 2.73. The van der Waals surface area contributed by atoms with Gasteiger partial charge in [-0.2, -0.15) is 0 Å². The molecule has 0 aliphatic heterocycles. The molecule has 0 spiro atoms. The molecule has 0 aromatic heterocycles. The Balaban J connectivity index is 2.30. The second kappa shape index (κ2) is 7.61. The number of hydrogen-bond acceptors (Lipinski definition) is 2. The summed E-state index contributed by atoms with van der Waals surface area (Å²) in [5.41, 5.74) is 2.40. The molecule has 2 aromatic carbocycles. The Morgan fingerprint density at radius 3 is 1.70 bits per heavy atom. The third kappa shape index (κ3) is 4.60. The van der Waals surface area contributed by atoms with Crippen LogP contribution in [0, 0.1) is 0 Å². The summed E-state index contributed by atoms with van der Waals surface area (Å²) in [4.78, 5) is 11.1. The molecule has 2 radical (unpaired) electrons. The third-order valence-corrected chi connectivity index (χ3v) is 7.52. The predicted molar refractivity (Wildman–Crippen MR) is 87.6 cm³/mol. The molecule has 0 saturated carbocycles. The van der Waals surface area contributed by atoms with E-state index >= 15 is 0 Å². The first-order chi connectivity index (χ1) is 9.56. The number of carbonyl (C=O) groups excluding carboxylic acids is 1. The zero-order valence-electron chi connectivity index (χ0n) is 10.8. The molecule has 2 aromatic rings. The van der Waals surface area contributed by atoms with Crippen LogP contribution in [0.5, 0.6) is 0 Å². The van der Waals surface area contributed by atoms with Gasteiger partial charge in [-0.05, 0) is 0 Å². The molecule has 2 rings (SSSR count). The summed E-state index contributed by atoms with van der Waals surface area (Å²) in [6.45, 7) is 1.47. The van der Waals surface area contributed by atoms with Gasteiger partial charge in [0.25, 0.3) is 0 Å². The minimum atomic E-state index is -1.33. The molecule has 0 N–H and O–H groups in total. The Hall–Kier alpha value is -0.331. The van der Waals surface area contributed by atoms with Crippen molar-refractivity contribution in [2.75, 3.05) is 0 Å². The molecule has 0 unspecified atom stereocenters. The summed E-state index contributed by atoms with van der Waals surface area (Å²) in [5, 5.41) is 0. The first-order valence-electron chi connectivity index (χ1n) is 6.00. The van der Waals surface area contributed by atoms with Crippen molar-refractivity contribution in [1.29, 1.82) is 0 Å². The molecule has 0 aliphatic rings. The van der Waals surface area contributed by atoms with Gasteiger partial charge in [-0.15, -0.1) is 0 Å². The van der Waals surface area contributed by atoms with Crippen molar-refractivity contribution in [3.05, 3.63) is 68.6 Å². The standard InChI is InChI=1S/C13H9Br2.C2H4O2.Sn/c14-12-5-1-10(2-6-12)9-11-3-7-13(15)8-4-11;1-2(3)4;/h1-9H;1H3,(H,3,4);/q;;+1/p-1. The van der Waals surface area contributed by atoms with E-state index in [-0.39, 0.29) is 9.90 Å². The van der Waals surface area contributed by atoms with Crippen LogP contribution in [0.2, 0.25) is 0 Å². The fourth-order valence-corrected chi connectivity index (χ4v) is 4.99. The van der Waals surface area contributed by atoms with Gasteiger partial charge in [-0.3, -0.25) is 0 Å². The van der Waals surface area contributed by atoms with Crippen molar-refractivity contribution < 1.29 is 7.87 Å². The maximum absolute atomic E-state index is 11.1. The van der Waals surface area contributed by atoms with Crippen LogP contribution in [0.1, 0.15) is 22.0 Å². The molecule has 0 heterocycles. The summed E-state index contributed by atoms with van der Waals surface area (Å²) in [5.74, 6) is -0.184. The molecule has 0 bridgehead atoms. The Morgan fingerprint density at radius 2 is 1.35 bits per heavy atom. The molecule has 2 nitrogen and oxygen atoms in total. The number of rotatable bonds is 4. The summed E-state index contributed by atoms with van der Waals surface area (Å²) in [6, 6.07) is 16.4. The zero-order valence-corrected chi connectivity index (χ0v) is 16.8. The molecular formula is C15H12Br2O2Sn. The molecular weight excluding hydrogens is 491 g/mol. The number of halogens is 2. The van der Waals surface area contributed by atoms with Crippen LogP contribution < -0.4 is 0 Å². The van der Waals surface area contributed by atoms with Crippen molar-refractivity contribution in [2.45, 2.75) is 10.9 Å². The first kappa shape index (κ1) is 16.0. The molecule has 5 heteroatoms. The van der Waals surface area contributed by atoms with Gasteiger partial charge in [0, 0.05) is 0 Å². The van der Waals surface area contributed by atoms with E-state index in [1.807, 2.05) is 24.3 Å². The van der Waals surface area contributed by atoms with Gasteiger partial charge in [0.05, 0.1) is 0 Å². The van der Waals surface area contributed by atoms with Crippen LogP contribution in [-0.4, -0.2) is 27.5 Å². The second-order valence-electron chi connectivity index (χ2n) is 4.25. The van der Waals surface area contributed by atoms with E-state index in [4.69, 9.17) is 3.07 Å². The van der Waals surface area contributed by atoms with E-state index in [0.29, 0.717) is 0 Å². The number of hydrogen-bond donors (Lipinski definition) is 0. The summed E-state index contributed by atoms with van der Waals surface area (Å²) < 4.78 is 7.69. The molecule has 0 aliphatic carbocycles. The van der Waals surface area contributed by atoms with Crippen LogP contribution in [0.25, 0.3) is 0 Å². The number of carbonyl (C=O) groups is 1. The van der Waals surface area contributed by atoms with Crippen molar-refractivity contribution in [2.24, 2.45) is 0 Å². The van der Waals surface area contributed by atoms with Crippen molar-refractivity contribution >= 4 is 59.4 Å². The Morgan fingerprint density at radius 1 is 0.950 bits per heavy atom. The van der Waals surface area contributed by atoms with E-state index in [9.17, 15) is 4.79 Å². The summed E-state index contributed by atoms with van der Waals surface area (Å²) in [6.07, 6.45) is 0. The topological polar surface area (TPSA) is 26.3 Å². The van der Waals surface area contributed by atoms with Crippen LogP contribution >= 0.6 is 31.9 Å². The van der Waals surface area contributed by atoms with Crippen LogP contribution in [-0.2, 0) is 7.87 Å². The Labute approximate surface area is 145 Å². The molecule has 102 valence electrons. The van der Waals surface area contributed by atoms with E-state index in [0.717, 1.165) is 8.95 Å². The Bertz CT molecular complexity index is 536. The van der Waals surface area contributed by atoms with Gasteiger partial charge >= 0.3 is 147 Å². The van der Waals surface area contributed by atoms with Crippen LogP contribution in [0.15, 0.2) is 57.5 Å². The van der Waals surface area contributed by atoms with E-state index in [1.165, 1.54) is 18.1 Å². The zero-order chi connectivity index (χ0) is 14.5. The molecule has 20 heavy (non-hydrogen) atoms. The maximum atomic E-state index is 11.1. The molecule has 0 atom stereocenters. The minimum absolute atomic E-state index is 0.184. The van der Waals surface area contributed by atoms with Gasteiger partial charge in [-0.25, -0.2) is 0 Å². The SMILES string of the molecule is CC(=O)[O][Sn][CH](c1ccc(Br)cc1)c1ccc(Br)cc1. The van der Waals surface area contributed by atoms with E-state index in [2.05, 4.69) is 56.1 Å². The van der Waals surface area contributed by atoms with E-state index in [1.54, 1.807) is 0 Å². The van der Waals surface area contributed by atoms with E-state index < -0.39 is 21.6 Å². The van der Waals surface area contributed by atoms with Crippen LogP contribution in [0.3, 0.4) is 0 Å². The van der Waals surface area contributed by atoms with Crippen molar-refractivity contribution in [1.82, 2.24) is 0 Å². The fourth-order valence-electron chi connectivity index (χ4n) is 1.78. The van der Waals surface area contributed by atoms with Crippen molar-refractivity contribution in [3.63, 3.8) is 0 Å². The van der Waals surface area contributed by atoms with Gasteiger partial charge in [0.2, 0.25) is 0 Å². The van der Waals surface area contributed by atoms with Gasteiger partial charge in [-0.1, -0.05) is 0 Å². The molecule has 0 saturated heterocycles. The normalized spacial score (nSPS) is 10.6.